The summed E-state index contributed by atoms with van der Waals surface area (Å²) in [6.07, 6.45) is -2.64. The van der Waals surface area contributed by atoms with Crippen molar-refractivity contribution in [1.82, 2.24) is 14.9 Å². The molecule has 3 unspecified atom stereocenters. The van der Waals surface area contributed by atoms with E-state index in [0.29, 0.717) is 12.0 Å². The van der Waals surface area contributed by atoms with Gasteiger partial charge < -0.3 is 24.5 Å². The molecule has 3 aromatic rings. The van der Waals surface area contributed by atoms with Crippen LogP contribution in [0.1, 0.15) is 50.8 Å². The maximum atomic E-state index is 13.9. The highest BCUT2D eigenvalue weighted by Crippen LogP contribution is 2.39. The molecular formula is C25H28F5N3O3. The van der Waals surface area contributed by atoms with Crippen LogP contribution in [0, 0.1) is 0 Å². The fourth-order valence-corrected chi connectivity index (χ4v) is 4.84. The van der Waals surface area contributed by atoms with E-state index in [9.17, 15) is 27.1 Å². The lowest BCUT2D eigenvalue weighted by Gasteiger charge is -2.41. The number of nitrogens with zero attached hydrogens (tertiary/aromatic N) is 2. The summed E-state index contributed by atoms with van der Waals surface area (Å²) in [4.78, 5) is 4.14. The highest BCUT2D eigenvalue weighted by Gasteiger charge is 2.39. The van der Waals surface area contributed by atoms with Gasteiger partial charge in [0.2, 0.25) is 0 Å². The van der Waals surface area contributed by atoms with Crippen LogP contribution in [0.5, 0.6) is 11.5 Å². The molecule has 3 atom stereocenters. The van der Waals surface area contributed by atoms with Gasteiger partial charge in [0, 0.05) is 24.2 Å². The van der Waals surface area contributed by atoms with Crippen LogP contribution >= 0.6 is 0 Å². The first-order chi connectivity index (χ1) is 16.9. The Morgan fingerprint density at radius 1 is 1.14 bits per heavy atom. The molecule has 196 valence electrons. The SMILES string of the molecule is CC1CC(O)(c2ccc(OC(F)F)cc2)CC(COc2cc(C(F)(F)F)c3c(c2)ncn3C(C)C)N1. The summed E-state index contributed by atoms with van der Waals surface area (Å²) < 4.78 is 78.1. The number of piperidine rings is 1. The summed E-state index contributed by atoms with van der Waals surface area (Å²) in [5, 5.41) is 14.7. The summed E-state index contributed by atoms with van der Waals surface area (Å²) in [5.41, 5.74) is -1.39. The molecule has 0 bridgehead atoms. The number of hydrogen-bond donors (Lipinski definition) is 2. The normalized spacial score (nSPS) is 23.0. The average Bonchev–Trinajstić information content (AvgIpc) is 3.20. The second-order valence-electron chi connectivity index (χ2n) is 9.50. The summed E-state index contributed by atoms with van der Waals surface area (Å²) in [5.74, 6) is 0.0101. The third kappa shape index (κ3) is 5.57. The van der Waals surface area contributed by atoms with Crippen LogP contribution in [0.2, 0.25) is 0 Å². The van der Waals surface area contributed by atoms with Gasteiger partial charge in [0.05, 0.1) is 28.5 Å². The van der Waals surface area contributed by atoms with Crippen LogP contribution in [0.4, 0.5) is 22.0 Å². The number of fused-ring (bicyclic) bond motifs is 1. The summed E-state index contributed by atoms with van der Waals surface area (Å²) in [6.45, 7) is 2.49. The highest BCUT2D eigenvalue weighted by molar-refractivity contribution is 5.81. The van der Waals surface area contributed by atoms with Gasteiger partial charge >= 0.3 is 12.8 Å². The van der Waals surface area contributed by atoms with E-state index in [1.165, 1.54) is 41.2 Å². The number of benzene rings is 2. The van der Waals surface area contributed by atoms with Crippen LogP contribution < -0.4 is 14.8 Å². The highest BCUT2D eigenvalue weighted by atomic mass is 19.4. The monoisotopic (exact) mass is 513 g/mol. The van der Waals surface area contributed by atoms with Crippen molar-refractivity contribution >= 4 is 11.0 Å². The second kappa shape index (κ2) is 9.85. The van der Waals surface area contributed by atoms with Crippen molar-refractivity contribution in [3.8, 4) is 11.5 Å². The third-order valence-electron chi connectivity index (χ3n) is 6.32. The van der Waals surface area contributed by atoms with E-state index in [2.05, 4.69) is 15.0 Å². The lowest BCUT2D eigenvalue weighted by atomic mass is 9.79. The topological polar surface area (TPSA) is 68.5 Å². The molecule has 2 N–H and O–H groups in total. The van der Waals surface area contributed by atoms with Gasteiger partial charge in [0.15, 0.2) is 0 Å². The summed E-state index contributed by atoms with van der Waals surface area (Å²) in [7, 11) is 0. The van der Waals surface area contributed by atoms with E-state index in [4.69, 9.17) is 4.74 Å². The number of alkyl halides is 5. The zero-order valence-corrected chi connectivity index (χ0v) is 20.0. The Labute approximate surface area is 205 Å². The average molecular weight is 514 g/mol. The molecular weight excluding hydrogens is 485 g/mol. The Kier molecular flexibility index (Phi) is 7.16. The molecule has 0 spiro atoms. The van der Waals surface area contributed by atoms with Crippen molar-refractivity contribution < 1.29 is 36.5 Å². The number of hydrogen-bond acceptors (Lipinski definition) is 5. The first-order valence-electron chi connectivity index (χ1n) is 11.6. The van der Waals surface area contributed by atoms with Gasteiger partial charge in [-0.3, -0.25) is 0 Å². The number of aliphatic hydroxyl groups is 1. The predicted octanol–water partition coefficient (Wildman–Crippen LogP) is 5.64. The summed E-state index contributed by atoms with van der Waals surface area (Å²) >= 11 is 0. The van der Waals surface area contributed by atoms with Crippen LogP contribution in [-0.2, 0) is 11.8 Å². The van der Waals surface area contributed by atoms with Gasteiger partial charge in [-0.25, -0.2) is 4.98 Å². The number of imidazole rings is 1. The van der Waals surface area contributed by atoms with E-state index in [1.807, 2.05) is 6.92 Å². The molecule has 1 aromatic heterocycles. The van der Waals surface area contributed by atoms with Gasteiger partial charge in [-0.2, -0.15) is 22.0 Å². The van der Waals surface area contributed by atoms with Gasteiger partial charge in [-0.15, -0.1) is 0 Å². The van der Waals surface area contributed by atoms with E-state index in [0.717, 1.165) is 6.07 Å². The smallest absolute Gasteiger partial charge is 0.418 e. The van der Waals surface area contributed by atoms with E-state index >= 15 is 0 Å². The fourth-order valence-electron chi connectivity index (χ4n) is 4.84. The number of halogens is 5. The number of ether oxygens (including phenoxy) is 2. The van der Waals surface area contributed by atoms with Crippen molar-refractivity contribution in [3.63, 3.8) is 0 Å². The van der Waals surface area contributed by atoms with Gasteiger partial charge in [0.1, 0.15) is 18.1 Å². The molecule has 0 radical (unpaired) electrons. The molecule has 2 aromatic carbocycles. The Hall–Kier alpha value is -2.92. The number of aromatic nitrogens is 2. The fraction of sp³-hybridized carbons (Fsp3) is 0.480. The first-order valence-corrected chi connectivity index (χ1v) is 11.6. The number of rotatable bonds is 7. The van der Waals surface area contributed by atoms with Crippen molar-refractivity contribution in [3.05, 3.63) is 53.9 Å². The Balaban J connectivity index is 1.53. The minimum Gasteiger partial charge on any atom is -0.492 e. The molecule has 36 heavy (non-hydrogen) atoms. The molecule has 1 saturated heterocycles. The number of nitrogens with one attached hydrogen (secondary N) is 1. The molecule has 1 aliphatic rings. The maximum absolute atomic E-state index is 13.9. The van der Waals surface area contributed by atoms with Crippen LogP contribution in [0.3, 0.4) is 0 Å². The minimum atomic E-state index is -4.59. The zero-order valence-electron chi connectivity index (χ0n) is 20.0. The molecule has 4 rings (SSSR count). The molecule has 0 amide bonds. The first kappa shape index (κ1) is 26.2. The van der Waals surface area contributed by atoms with Crippen LogP contribution in [-0.4, -0.2) is 40.0 Å². The molecule has 0 aliphatic carbocycles. The van der Waals surface area contributed by atoms with Gasteiger partial charge in [-0.1, -0.05) is 12.1 Å². The Morgan fingerprint density at radius 2 is 1.83 bits per heavy atom. The minimum absolute atomic E-state index is 0.00269. The third-order valence-corrected chi connectivity index (χ3v) is 6.32. The van der Waals surface area contributed by atoms with Crippen molar-refractivity contribution in [2.75, 3.05) is 6.61 Å². The Bertz CT molecular complexity index is 1200. The molecule has 11 heteroatoms. The summed E-state index contributed by atoms with van der Waals surface area (Å²) in [6, 6.07) is 7.52. The van der Waals surface area contributed by atoms with Crippen LogP contribution in [0.25, 0.3) is 11.0 Å². The molecule has 0 saturated carbocycles. The van der Waals surface area contributed by atoms with E-state index in [-0.39, 0.29) is 53.7 Å². The maximum Gasteiger partial charge on any atom is 0.418 e. The van der Waals surface area contributed by atoms with Gasteiger partial charge in [0.25, 0.3) is 0 Å². The van der Waals surface area contributed by atoms with Gasteiger partial charge in [-0.05, 0) is 57.4 Å². The zero-order chi connectivity index (χ0) is 26.3. The van der Waals surface area contributed by atoms with Crippen molar-refractivity contribution in [2.24, 2.45) is 0 Å². The van der Waals surface area contributed by atoms with Crippen molar-refractivity contribution in [1.29, 1.82) is 0 Å². The lowest BCUT2D eigenvalue weighted by molar-refractivity contribution is -0.136. The molecule has 1 fully saturated rings. The van der Waals surface area contributed by atoms with E-state index < -0.39 is 24.0 Å². The van der Waals surface area contributed by atoms with E-state index in [1.54, 1.807) is 13.8 Å². The molecule has 2 heterocycles. The second-order valence-corrected chi connectivity index (χ2v) is 9.50. The largest absolute Gasteiger partial charge is 0.492 e. The molecule has 1 aliphatic heterocycles. The Morgan fingerprint density at radius 3 is 2.44 bits per heavy atom. The molecule has 6 nitrogen and oxygen atoms in total. The lowest BCUT2D eigenvalue weighted by Crippen LogP contribution is -2.53. The van der Waals surface area contributed by atoms with Crippen LogP contribution in [0.15, 0.2) is 42.7 Å². The predicted molar refractivity (Wildman–Crippen MR) is 123 cm³/mol. The van der Waals surface area contributed by atoms with Crippen molar-refractivity contribution in [2.45, 2.75) is 70.1 Å². The standard InChI is InChI=1S/C25H28F5N3O3/c1-14(2)33-13-31-21-9-19(8-20(22(21)33)25(28,29)30)35-12-17-11-24(34,10-15(3)32-17)16-4-6-18(7-5-16)36-23(26)27/h4-9,13-15,17,23,32,34H,10-12H2,1-3H3. The quantitative estimate of drug-likeness (QED) is 0.400.